The molecule has 0 saturated heterocycles. The number of benzene rings is 1. The van der Waals surface area contributed by atoms with E-state index in [0.29, 0.717) is 0 Å². The summed E-state index contributed by atoms with van der Waals surface area (Å²) in [6, 6.07) is 5.47. The van der Waals surface area contributed by atoms with Gasteiger partial charge in [-0.1, -0.05) is 0 Å². The van der Waals surface area contributed by atoms with E-state index < -0.39 is 0 Å². The lowest BCUT2D eigenvalue weighted by atomic mass is 10.2. The minimum atomic E-state index is 0.802. The average molecular weight is 169 g/mol. The third-order valence-electron chi connectivity index (χ3n) is 1.17. The maximum atomic E-state index is 6.97. The molecule has 1 aromatic rings. The summed E-state index contributed by atoms with van der Waals surface area (Å²) in [6.07, 6.45) is 1.27. The molecule has 0 aliphatic carbocycles. The third kappa shape index (κ3) is 1.55. The van der Waals surface area contributed by atoms with Crippen molar-refractivity contribution < 1.29 is 0 Å². The molecule has 10 heavy (non-hydrogen) atoms. The predicted octanol–water partition coefficient (Wildman–Crippen LogP) is 2.26. The van der Waals surface area contributed by atoms with Crippen molar-refractivity contribution in [3.8, 4) is 0 Å². The van der Waals surface area contributed by atoms with Crippen LogP contribution in [0.3, 0.4) is 0 Å². The van der Waals surface area contributed by atoms with Gasteiger partial charge in [-0.05, 0) is 18.2 Å². The van der Waals surface area contributed by atoms with Crippen LogP contribution in [0, 0.1) is 5.41 Å². The number of rotatable bonds is 1. The van der Waals surface area contributed by atoms with E-state index in [1.807, 2.05) is 12.1 Å². The monoisotopic (exact) mass is 169 g/mol. The zero-order valence-electron chi connectivity index (χ0n) is 5.20. The van der Waals surface area contributed by atoms with Crippen molar-refractivity contribution in [2.75, 3.05) is 0 Å². The van der Waals surface area contributed by atoms with Gasteiger partial charge in [0.05, 0.1) is 0 Å². The molecule has 1 nitrogen and oxygen atoms in total. The predicted molar refractivity (Wildman–Crippen MR) is 48.8 cm³/mol. The van der Waals surface area contributed by atoms with E-state index in [9.17, 15) is 0 Å². The van der Waals surface area contributed by atoms with Crippen molar-refractivity contribution in [1.29, 1.82) is 5.41 Å². The molecule has 0 bridgehead atoms. The quantitative estimate of drug-likeness (QED) is 0.424. The summed E-state index contributed by atoms with van der Waals surface area (Å²) >= 11 is 8.26. The molecule has 0 spiro atoms. The normalized spacial score (nSPS) is 9.40. The lowest BCUT2D eigenvalue weighted by Gasteiger charge is -1.97. The van der Waals surface area contributed by atoms with Gasteiger partial charge in [-0.15, -0.1) is 25.3 Å². The van der Waals surface area contributed by atoms with Gasteiger partial charge in [-0.25, -0.2) is 0 Å². The standard InChI is InChI=1S/C7H7NS2/c8-4-5-3-6(9)1-2-7(5)10/h1-4,8-10H. The maximum Gasteiger partial charge on any atom is 0.0261 e. The minimum absolute atomic E-state index is 0.802. The van der Waals surface area contributed by atoms with Gasteiger partial charge in [-0.2, -0.15) is 0 Å². The Hall–Kier alpha value is -0.410. The molecule has 1 N–H and O–H groups in total. The average Bonchev–Trinajstić information content (AvgIpc) is 1.94. The van der Waals surface area contributed by atoms with Crippen LogP contribution in [0.15, 0.2) is 28.0 Å². The second kappa shape index (κ2) is 3.12. The highest BCUT2D eigenvalue weighted by atomic mass is 32.1. The van der Waals surface area contributed by atoms with E-state index in [-0.39, 0.29) is 0 Å². The molecule has 0 heterocycles. The van der Waals surface area contributed by atoms with Crippen molar-refractivity contribution in [2.45, 2.75) is 9.79 Å². The molecule has 3 heteroatoms. The van der Waals surface area contributed by atoms with Gasteiger partial charge in [0.1, 0.15) is 0 Å². The van der Waals surface area contributed by atoms with Crippen LogP contribution in [0.4, 0.5) is 0 Å². The van der Waals surface area contributed by atoms with Gasteiger partial charge in [-0.3, -0.25) is 0 Å². The molecular formula is C7H7NS2. The van der Waals surface area contributed by atoms with Gasteiger partial charge in [0.25, 0.3) is 0 Å². The van der Waals surface area contributed by atoms with Crippen molar-refractivity contribution >= 4 is 31.5 Å². The first-order valence-electron chi connectivity index (χ1n) is 2.76. The molecule has 0 amide bonds. The molecule has 0 aliphatic rings. The molecule has 0 fully saturated rings. The topological polar surface area (TPSA) is 23.9 Å². The summed E-state index contributed by atoms with van der Waals surface area (Å²) in [6.45, 7) is 0. The Labute approximate surface area is 70.8 Å². The zero-order valence-corrected chi connectivity index (χ0v) is 6.99. The van der Waals surface area contributed by atoms with Crippen LogP contribution in [0.2, 0.25) is 0 Å². The Bertz CT molecular complexity index is 258. The van der Waals surface area contributed by atoms with Crippen LogP contribution >= 0.6 is 25.3 Å². The molecule has 0 unspecified atom stereocenters. The summed E-state index contributed by atoms with van der Waals surface area (Å²) in [5.41, 5.74) is 0.802. The summed E-state index contributed by atoms with van der Waals surface area (Å²) < 4.78 is 0. The molecule has 52 valence electrons. The second-order valence-electron chi connectivity index (χ2n) is 1.89. The van der Waals surface area contributed by atoms with Gasteiger partial charge in [0.15, 0.2) is 0 Å². The first kappa shape index (κ1) is 7.69. The van der Waals surface area contributed by atoms with Crippen LogP contribution in [-0.2, 0) is 0 Å². The molecule has 0 radical (unpaired) electrons. The van der Waals surface area contributed by atoms with Crippen LogP contribution in [0.1, 0.15) is 5.56 Å². The molecular weight excluding hydrogens is 162 g/mol. The Morgan fingerprint density at radius 2 is 2.00 bits per heavy atom. The van der Waals surface area contributed by atoms with E-state index in [4.69, 9.17) is 5.41 Å². The Morgan fingerprint density at radius 1 is 1.30 bits per heavy atom. The van der Waals surface area contributed by atoms with E-state index in [0.717, 1.165) is 15.4 Å². The summed E-state index contributed by atoms with van der Waals surface area (Å²) in [5.74, 6) is 0. The Kier molecular flexibility index (Phi) is 2.40. The van der Waals surface area contributed by atoms with Crippen LogP contribution < -0.4 is 0 Å². The van der Waals surface area contributed by atoms with Crippen molar-refractivity contribution in [3.05, 3.63) is 23.8 Å². The van der Waals surface area contributed by atoms with E-state index >= 15 is 0 Å². The fourth-order valence-corrected chi connectivity index (χ4v) is 1.07. The van der Waals surface area contributed by atoms with E-state index in [1.165, 1.54) is 6.21 Å². The number of hydrogen-bond acceptors (Lipinski definition) is 3. The smallest absolute Gasteiger partial charge is 0.0261 e. The highest BCUT2D eigenvalue weighted by molar-refractivity contribution is 7.80. The number of thiol groups is 2. The fourth-order valence-electron chi connectivity index (χ4n) is 0.658. The van der Waals surface area contributed by atoms with Crippen LogP contribution in [-0.4, -0.2) is 6.21 Å². The summed E-state index contributed by atoms with van der Waals surface area (Å²) in [7, 11) is 0. The lowest BCUT2D eigenvalue weighted by molar-refractivity contribution is 1.34. The minimum Gasteiger partial charge on any atom is -0.308 e. The largest absolute Gasteiger partial charge is 0.308 e. The molecule has 0 atom stereocenters. The molecule has 0 aliphatic heterocycles. The van der Waals surface area contributed by atoms with Gasteiger partial charge in [0, 0.05) is 21.6 Å². The SMILES string of the molecule is N=Cc1cc(S)ccc1S. The van der Waals surface area contributed by atoms with Crippen molar-refractivity contribution in [3.63, 3.8) is 0 Å². The third-order valence-corrected chi connectivity index (χ3v) is 1.85. The summed E-state index contributed by atoms with van der Waals surface area (Å²) in [4.78, 5) is 1.67. The van der Waals surface area contributed by atoms with Crippen LogP contribution in [0.5, 0.6) is 0 Å². The summed E-state index contributed by atoms with van der Waals surface area (Å²) in [5, 5.41) is 6.97. The molecule has 1 aromatic carbocycles. The first-order valence-corrected chi connectivity index (χ1v) is 3.66. The number of hydrogen-bond donors (Lipinski definition) is 3. The first-order chi connectivity index (χ1) is 4.74. The highest BCUT2D eigenvalue weighted by Gasteiger charge is 1.93. The maximum absolute atomic E-state index is 6.97. The molecule has 1 rings (SSSR count). The number of nitrogens with one attached hydrogen (secondary N) is 1. The molecule has 0 saturated carbocycles. The molecule has 0 aromatic heterocycles. The van der Waals surface area contributed by atoms with Gasteiger partial charge < -0.3 is 5.41 Å². The van der Waals surface area contributed by atoms with Crippen molar-refractivity contribution in [2.24, 2.45) is 0 Å². The Morgan fingerprint density at radius 3 is 2.50 bits per heavy atom. The fraction of sp³-hybridized carbons (Fsp3) is 0. The second-order valence-corrected chi connectivity index (χ2v) is 2.89. The highest BCUT2D eigenvalue weighted by Crippen LogP contribution is 2.15. The van der Waals surface area contributed by atoms with Gasteiger partial charge >= 0.3 is 0 Å². The zero-order chi connectivity index (χ0) is 7.56. The van der Waals surface area contributed by atoms with E-state index in [2.05, 4.69) is 25.3 Å². The Balaban J connectivity index is 3.21. The van der Waals surface area contributed by atoms with Crippen LogP contribution in [0.25, 0.3) is 0 Å². The van der Waals surface area contributed by atoms with Gasteiger partial charge in [0.2, 0.25) is 0 Å². The van der Waals surface area contributed by atoms with E-state index in [1.54, 1.807) is 6.07 Å². The lowest BCUT2D eigenvalue weighted by Crippen LogP contribution is -1.81. The van der Waals surface area contributed by atoms with Crippen molar-refractivity contribution in [1.82, 2.24) is 0 Å².